The van der Waals surface area contributed by atoms with Crippen LogP contribution in [0.15, 0.2) is 0 Å². The van der Waals surface area contributed by atoms with Gasteiger partial charge in [0, 0.05) is 13.2 Å². The van der Waals surface area contributed by atoms with Crippen LogP contribution in [0.3, 0.4) is 0 Å². The molecule has 0 radical (unpaired) electrons. The SMILES string of the molecule is CCCCOCC(O)OCC. The molecule has 0 saturated carbocycles. The first-order chi connectivity index (χ1) is 5.31. The Bertz CT molecular complexity index is 75.7. The Morgan fingerprint density at radius 1 is 1.36 bits per heavy atom. The van der Waals surface area contributed by atoms with Crippen molar-refractivity contribution in [2.45, 2.75) is 33.0 Å². The van der Waals surface area contributed by atoms with E-state index in [9.17, 15) is 0 Å². The Balaban J connectivity index is 2.97. The van der Waals surface area contributed by atoms with E-state index in [0.717, 1.165) is 12.8 Å². The zero-order chi connectivity index (χ0) is 8.53. The van der Waals surface area contributed by atoms with Crippen LogP contribution in [0.1, 0.15) is 26.7 Å². The molecule has 0 aliphatic carbocycles. The van der Waals surface area contributed by atoms with E-state index in [1.54, 1.807) is 0 Å². The van der Waals surface area contributed by atoms with Gasteiger partial charge in [0.05, 0.1) is 6.61 Å². The Labute approximate surface area is 68.3 Å². The highest BCUT2D eigenvalue weighted by Crippen LogP contribution is 1.91. The van der Waals surface area contributed by atoms with Crippen molar-refractivity contribution in [1.29, 1.82) is 0 Å². The molecule has 0 heterocycles. The Hall–Kier alpha value is -0.120. The average Bonchev–Trinajstić information content (AvgIpc) is 1.99. The third-order valence-electron chi connectivity index (χ3n) is 1.26. The Morgan fingerprint density at radius 2 is 2.09 bits per heavy atom. The van der Waals surface area contributed by atoms with Crippen LogP contribution in [-0.4, -0.2) is 31.2 Å². The van der Waals surface area contributed by atoms with Crippen LogP contribution in [0.25, 0.3) is 0 Å². The minimum atomic E-state index is -0.753. The van der Waals surface area contributed by atoms with E-state index in [2.05, 4.69) is 6.92 Å². The Morgan fingerprint density at radius 3 is 2.64 bits per heavy atom. The summed E-state index contributed by atoms with van der Waals surface area (Å²) in [7, 11) is 0. The summed E-state index contributed by atoms with van der Waals surface area (Å²) in [6, 6.07) is 0. The van der Waals surface area contributed by atoms with Gasteiger partial charge in [-0.2, -0.15) is 0 Å². The van der Waals surface area contributed by atoms with Gasteiger partial charge in [-0.05, 0) is 13.3 Å². The summed E-state index contributed by atoms with van der Waals surface area (Å²) >= 11 is 0. The largest absolute Gasteiger partial charge is 0.376 e. The second-order valence-corrected chi connectivity index (χ2v) is 2.34. The third-order valence-corrected chi connectivity index (χ3v) is 1.26. The molecule has 68 valence electrons. The molecule has 0 aromatic carbocycles. The Kier molecular flexibility index (Phi) is 7.89. The zero-order valence-corrected chi connectivity index (χ0v) is 7.38. The molecule has 0 saturated heterocycles. The van der Waals surface area contributed by atoms with Gasteiger partial charge in [-0.3, -0.25) is 0 Å². The van der Waals surface area contributed by atoms with Crippen LogP contribution in [0.5, 0.6) is 0 Å². The number of unbranched alkanes of at least 4 members (excludes halogenated alkanes) is 1. The summed E-state index contributed by atoms with van der Waals surface area (Å²) in [6.07, 6.45) is 1.40. The summed E-state index contributed by atoms with van der Waals surface area (Å²) in [5.41, 5.74) is 0. The summed E-state index contributed by atoms with van der Waals surface area (Å²) < 4.78 is 9.97. The maximum absolute atomic E-state index is 9.00. The molecule has 0 bridgehead atoms. The van der Waals surface area contributed by atoms with Crippen molar-refractivity contribution in [3.63, 3.8) is 0 Å². The number of rotatable bonds is 7. The molecule has 0 fully saturated rings. The molecule has 11 heavy (non-hydrogen) atoms. The quantitative estimate of drug-likeness (QED) is 0.451. The van der Waals surface area contributed by atoms with E-state index in [1.807, 2.05) is 6.92 Å². The van der Waals surface area contributed by atoms with E-state index >= 15 is 0 Å². The molecule has 3 heteroatoms. The van der Waals surface area contributed by atoms with Crippen molar-refractivity contribution in [3.05, 3.63) is 0 Å². The van der Waals surface area contributed by atoms with Crippen molar-refractivity contribution in [3.8, 4) is 0 Å². The molecule has 0 spiro atoms. The van der Waals surface area contributed by atoms with Gasteiger partial charge < -0.3 is 14.6 Å². The van der Waals surface area contributed by atoms with Crippen molar-refractivity contribution in [2.75, 3.05) is 19.8 Å². The molecule has 0 aromatic heterocycles. The fraction of sp³-hybridized carbons (Fsp3) is 1.00. The highest BCUT2D eigenvalue weighted by molar-refractivity contribution is 4.37. The van der Waals surface area contributed by atoms with Gasteiger partial charge in [0.2, 0.25) is 0 Å². The minimum Gasteiger partial charge on any atom is -0.376 e. The van der Waals surface area contributed by atoms with Crippen LogP contribution in [0.4, 0.5) is 0 Å². The molecule has 0 rings (SSSR count). The monoisotopic (exact) mass is 162 g/mol. The van der Waals surface area contributed by atoms with Gasteiger partial charge >= 0.3 is 0 Å². The van der Waals surface area contributed by atoms with E-state index in [1.165, 1.54) is 0 Å². The number of ether oxygens (including phenoxy) is 2. The van der Waals surface area contributed by atoms with Gasteiger partial charge in [0.25, 0.3) is 0 Å². The van der Waals surface area contributed by atoms with Gasteiger partial charge in [-0.1, -0.05) is 13.3 Å². The molecule has 0 aliphatic heterocycles. The summed E-state index contributed by atoms with van der Waals surface area (Å²) in [5, 5.41) is 9.00. The lowest BCUT2D eigenvalue weighted by Crippen LogP contribution is -2.19. The number of hydrogen-bond acceptors (Lipinski definition) is 3. The molecule has 0 aromatic rings. The summed E-state index contributed by atoms with van der Waals surface area (Å²) in [6.45, 7) is 5.46. The lowest BCUT2D eigenvalue weighted by Gasteiger charge is -2.10. The smallest absolute Gasteiger partial charge is 0.178 e. The van der Waals surface area contributed by atoms with E-state index < -0.39 is 6.29 Å². The standard InChI is InChI=1S/C8H18O3/c1-3-5-6-10-7-8(9)11-4-2/h8-9H,3-7H2,1-2H3. The van der Waals surface area contributed by atoms with Crippen LogP contribution in [-0.2, 0) is 9.47 Å². The second kappa shape index (κ2) is 7.98. The van der Waals surface area contributed by atoms with E-state index in [0.29, 0.717) is 13.2 Å². The predicted octanol–water partition coefficient (Wildman–Crippen LogP) is 1.16. The van der Waals surface area contributed by atoms with E-state index in [-0.39, 0.29) is 6.61 Å². The number of hydrogen-bond donors (Lipinski definition) is 1. The number of aliphatic hydroxyl groups excluding tert-OH is 1. The maximum Gasteiger partial charge on any atom is 0.178 e. The van der Waals surface area contributed by atoms with Crippen molar-refractivity contribution in [2.24, 2.45) is 0 Å². The van der Waals surface area contributed by atoms with Crippen molar-refractivity contribution >= 4 is 0 Å². The highest BCUT2D eigenvalue weighted by Gasteiger charge is 2.00. The normalized spacial score (nSPS) is 13.4. The van der Waals surface area contributed by atoms with Gasteiger partial charge in [0.1, 0.15) is 0 Å². The summed E-state index contributed by atoms with van der Waals surface area (Å²) in [5.74, 6) is 0. The molecular weight excluding hydrogens is 144 g/mol. The van der Waals surface area contributed by atoms with Crippen LogP contribution >= 0.6 is 0 Å². The maximum atomic E-state index is 9.00. The lowest BCUT2D eigenvalue weighted by atomic mass is 10.4. The second-order valence-electron chi connectivity index (χ2n) is 2.34. The molecule has 3 nitrogen and oxygen atoms in total. The molecular formula is C8H18O3. The molecule has 0 aliphatic rings. The van der Waals surface area contributed by atoms with E-state index in [4.69, 9.17) is 14.6 Å². The van der Waals surface area contributed by atoms with Crippen LogP contribution < -0.4 is 0 Å². The van der Waals surface area contributed by atoms with Crippen molar-refractivity contribution in [1.82, 2.24) is 0 Å². The van der Waals surface area contributed by atoms with Gasteiger partial charge in [-0.15, -0.1) is 0 Å². The topological polar surface area (TPSA) is 38.7 Å². The summed E-state index contributed by atoms with van der Waals surface area (Å²) in [4.78, 5) is 0. The number of aliphatic hydroxyl groups is 1. The zero-order valence-electron chi connectivity index (χ0n) is 7.38. The lowest BCUT2D eigenvalue weighted by molar-refractivity contribution is -0.134. The van der Waals surface area contributed by atoms with Crippen molar-refractivity contribution < 1.29 is 14.6 Å². The molecule has 0 amide bonds. The predicted molar refractivity (Wildman–Crippen MR) is 43.4 cm³/mol. The first-order valence-electron chi connectivity index (χ1n) is 4.18. The van der Waals surface area contributed by atoms with Gasteiger partial charge in [-0.25, -0.2) is 0 Å². The van der Waals surface area contributed by atoms with Crippen LogP contribution in [0.2, 0.25) is 0 Å². The third kappa shape index (κ3) is 7.78. The first-order valence-corrected chi connectivity index (χ1v) is 4.18. The highest BCUT2D eigenvalue weighted by atomic mass is 16.6. The fourth-order valence-electron chi connectivity index (χ4n) is 0.671. The minimum absolute atomic E-state index is 0.286. The van der Waals surface area contributed by atoms with Crippen LogP contribution in [0, 0.1) is 0 Å². The molecule has 1 unspecified atom stereocenters. The molecule has 1 N–H and O–H groups in total. The molecule has 1 atom stereocenters. The average molecular weight is 162 g/mol. The first kappa shape index (κ1) is 10.9. The van der Waals surface area contributed by atoms with Gasteiger partial charge in [0.15, 0.2) is 6.29 Å². The fourth-order valence-corrected chi connectivity index (χ4v) is 0.671.